The number of carboxylic acids is 1. The molecule has 1 amide bonds. The summed E-state index contributed by atoms with van der Waals surface area (Å²) in [6.45, 7) is 6.40. The van der Waals surface area contributed by atoms with E-state index in [9.17, 15) is 14.7 Å². The van der Waals surface area contributed by atoms with Crippen LogP contribution in [0.5, 0.6) is 0 Å². The van der Waals surface area contributed by atoms with Crippen LogP contribution in [0.15, 0.2) is 30.3 Å². The summed E-state index contributed by atoms with van der Waals surface area (Å²) in [6.07, 6.45) is 3.10. The molecule has 6 nitrogen and oxygen atoms in total. The summed E-state index contributed by atoms with van der Waals surface area (Å²) in [5.74, 6) is -1.61. The zero-order valence-electron chi connectivity index (χ0n) is 16.2. The Morgan fingerprint density at radius 3 is 2.74 bits per heavy atom. The number of aromatic nitrogens is 2. The number of benzene rings is 1. The van der Waals surface area contributed by atoms with E-state index in [1.54, 1.807) is 6.07 Å². The van der Waals surface area contributed by atoms with Crippen molar-refractivity contribution in [3.8, 4) is 0 Å². The second kappa shape index (κ2) is 7.55. The highest BCUT2D eigenvalue weighted by Crippen LogP contribution is 2.34. The number of rotatable bonds is 5. The number of hydrogen-bond donors (Lipinski definition) is 2. The largest absolute Gasteiger partial charge is 0.481 e. The summed E-state index contributed by atoms with van der Waals surface area (Å²) >= 11 is 0. The molecule has 27 heavy (non-hydrogen) atoms. The summed E-state index contributed by atoms with van der Waals surface area (Å²) < 4.78 is 1.91. The fourth-order valence-corrected chi connectivity index (χ4v) is 4.03. The minimum Gasteiger partial charge on any atom is -0.481 e. The number of aliphatic carboxylic acids is 1. The van der Waals surface area contributed by atoms with Gasteiger partial charge in [-0.25, -0.2) is 0 Å². The zero-order chi connectivity index (χ0) is 19.6. The van der Waals surface area contributed by atoms with Crippen molar-refractivity contribution in [2.45, 2.75) is 58.5 Å². The Kier molecular flexibility index (Phi) is 5.35. The first kappa shape index (κ1) is 19.1. The van der Waals surface area contributed by atoms with Crippen LogP contribution in [0.3, 0.4) is 0 Å². The Bertz CT molecular complexity index is 858. The first-order valence-corrected chi connectivity index (χ1v) is 9.44. The van der Waals surface area contributed by atoms with Crippen molar-refractivity contribution in [1.29, 1.82) is 0 Å². The third-order valence-electron chi connectivity index (χ3n) is 5.53. The van der Waals surface area contributed by atoms with Crippen molar-refractivity contribution >= 4 is 11.9 Å². The van der Waals surface area contributed by atoms with Crippen molar-refractivity contribution < 1.29 is 14.7 Å². The number of carboxylic acid groups (broad SMARTS) is 1. The maximum absolute atomic E-state index is 12.8. The van der Waals surface area contributed by atoms with Gasteiger partial charge in [0.05, 0.1) is 23.7 Å². The van der Waals surface area contributed by atoms with Crippen LogP contribution in [0, 0.1) is 19.8 Å². The van der Waals surface area contributed by atoms with Gasteiger partial charge in [0, 0.05) is 11.3 Å². The predicted molar refractivity (Wildman–Crippen MR) is 103 cm³/mol. The zero-order valence-corrected chi connectivity index (χ0v) is 16.2. The molecule has 0 spiro atoms. The average molecular weight is 369 g/mol. The van der Waals surface area contributed by atoms with E-state index in [1.807, 2.05) is 49.7 Å². The predicted octanol–water partition coefficient (Wildman–Crippen LogP) is 3.31. The lowest BCUT2D eigenvalue weighted by molar-refractivity contribution is -0.145. The molecule has 0 radical (unpaired) electrons. The summed E-state index contributed by atoms with van der Waals surface area (Å²) in [7, 11) is 0. The third-order valence-corrected chi connectivity index (χ3v) is 5.53. The van der Waals surface area contributed by atoms with Crippen molar-refractivity contribution in [3.05, 3.63) is 52.8 Å². The van der Waals surface area contributed by atoms with Crippen LogP contribution in [0.2, 0.25) is 0 Å². The van der Waals surface area contributed by atoms with Gasteiger partial charge in [-0.2, -0.15) is 5.10 Å². The molecule has 1 saturated carbocycles. The fourth-order valence-electron chi connectivity index (χ4n) is 4.03. The maximum Gasteiger partial charge on any atom is 0.308 e. The Balaban J connectivity index is 1.77. The Hall–Kier alpha value is -2.63. The minimum atomic E-state index is -0.837. The molecule has 0 saturated heterocycles. The normalized spacial score (nSPS) is 22.4. The molecule has 0 aliphatic heterocycles. The van der Waals surface area contributed by atoms with Crippen LogP contribution in [-0.4, -0.2) is 32.3 Å². The lowest BCUT2D eigenvalue weighted by Crippen LogP contribution is -2.55. The number of nitrogens with one attached hydrogen (secondary N) is 1. The highest BCUT2D eigenvalue weighted by atomic mass is 16.4. The summed E-state index contributed by atoms with van der Waals surface area (Å²) in [4.78, 5) is 24.5. The van der Waals surface area contributed by atoms with Gasteiger partial charge in [0.1, 0.15) is 0 Å². The Morgan fingerprint density at radius 2 is 2.07 bits per heavy atom. The molecule has 144 valence electrons. The van der Waals surface area contributed by atoms with Crippen molar-refractivity contribution in [2.75, 3.05) is 0 Å². The van der Waals surface area contributed by atoms with E-state index in [2.05, 4.69) is 10.4 Å². The van der Waals surface area contributed by atoms with Crippen LogP contribution in [0.4, 0.5) is 0 Å². The number of carbonyl (C=O) groups is 2. The average Bonchev–Trinajstić information content (AvgIpc) is 2.92. The topological polar surface area (TPSA) is 84.2 Å². The van der Waals surface area contributed by atoms with Gasteiger partial charge >= 0.3 is 5.97 Å². The second-order valence-corrected chi connectivity index (χ2v) is 7.79. The van der Waals surface area contributed by atoms with Crippen LogP contribution in [-0.2, 0) is 11.3 Å². The fraction of sp³-hybridized carbons (Fsp3) is 0.476. The van der Waals surface area contributed by atoms with Crippen molar-refractivity contribution in [2.24, 2.45) is 5.92 Å². The quantitative estimate of drug-likeness (QED) is 0.847. The van der Waals surface area contributed by atoms with Crippen LogP contribution in [0.1, 0.15) is 59.9 Å². The highest BCUT2D eigenvalue weighted by molar-refractivity contribution is 5.95. The monoisotopic (exact) mass is 369 g/mol. The third kappa shape index (κ3) is 4.21. The summed E-state index contributed by atoms with van der Waals surface area (Å²) in [5.41, 5.74) is 2.85. The van der Waals surface area contributed by atoms with Crippen molar-refractivity contribution in [1.82, 2.24) is 15.1 Å². The van der Waals surface area contributed by atoms with Gasteiger partial charge in [-0.3, -0.25) is 14.3 Å². The van der Waals surface area contributed by atoms with Crippen LogP contribution >= 0.6 is 0 Å². The summed E-state index contributed by atoms with van der Waals surface area (Å²) in [5, 5.41) is 17.0. The molecule has 1 aliphatic carbocycles. The number of aryl methyl sites for hydroxylation is 2. The number of hydrogen-bond acceptors (Lipinski definition) is 3. The standard InChI is InChI=1S/C21H27N3O3/c1-14-11-15(2)24(23-14)13-16-7-6-8-17(12-16)19(25)22-21(3)10-5-4-9-18(21)20(26)27/h6-8,11-12,18H,4-5,9-10,13H2,1-3H3,(H,22,25)(H,26,27). The van der Waals surface area contributed by atoms with Gasteiger partial charge in [-0.1, -0.05) is 25.0 Å². The molecule has 1 aromatic carbocycles. The van der Waals surface area contributed by atoms with E-state index < -0.39 is 17.4 Å². The molecule has 1 aromatic heterocycles. The van der Waals surface area contributed by atoms with Gasteiger partial charge in [0.15, 0.2) is 0 Å². The van der Waals surface area contributed by atoms with Gasteiger partial charge in [0.2, 0.25) is 0 Å². The number of carbonyl (C=O) groups excluding carboxylic acids is 1. The number of amides is 1. The highest BCUT2D eigenvalue weighted by Gasteiger charge is 2.42. The molecule has 2 atom stereocenters. The molecule has 1 heterocycles. The molecule has 0 bridgehead atoms. The molecular formula is C21H27N3O3. The minimum absolute atomic E-state index is 0.221. The first-order valence-electron chi connectivity index (χ1n) is 9.44. The van der Waals surface area contributed by atoms with E-state index in [0.29, 0.717) is 24.9 Å². The smallest absolute Gasteiger partial charge is 0.308 e. The van der Waals surface area contributed by atoms with Gasteiger partial charge in [-0.15, -0.1) is 0 Å². The summed E-state index contributed by atoms with van der Waals surface area (Å²) in [6, 6.07) is 9.46. The van der Waals surface area contributed by atoms with E-state index in [-0.39, 0.29) is 5.91 Å². The van der Waals surface area contributed by atoms with Gasteiger partial charge < -0.3 is 10.4 Å². The lowest BCUT2D eigenvalue weighted by Gasteiger charge is -2.39. The first-order chi connectivity index (χ1) is 12.8. The number of nitrogens with zero attached hydrogens (tertiary/aromatic N) is 2. The second-order valence-electron chi connectivity index (χ2n) is 7.79. The molecule has 1 aliphatic rings. The van der Waals surface area contributed by atoms with Crippen LogP contribution < -0.4 is 5.32 Å². The van der Waals surface area contributed by atoms with E-state index in [1.165, 1.54) is 0 Å². The molecule has 2 aromatic rings. The molecule has 3 rings (SSSR count). The van der Waals surface area contributed by atoms with E-state index >= 15 is 0 Å². The Morgan fingerprint density at radius 1 is 1.30 bits per heavy atom. The van der Waals surface area contributed by atoms with E-state index in [4.69, 9.17) is 0 Å². The molecule has 1 fully saturated rings. The van der Waals surface area contributed by atoms with Crippen molar-refractivity contribution in [3.63, 3.8) is 0 Å². The Labute approximate surface area is 159 Å². The lowest BCUT2D eigenvalue weighted by atomic mass is 9.73. The molecule has 2 N–H and O–H groups in total. The molecular weight excluding hydrogens is 342 g/mol. The van der Waals surface area contributed by atoms with Gasteiger partial charge in [-0.05, 0) is 57.4 Å². The molecule has 6 heteroatoms. The van der Waals surface area contributed by atoms with Crippen LogP contribution in [0.25, 0.3) is 0 Å². The SMILES string of the molecule is Cc1cc(C)n(Cc2cccc(C(=O)NC3(C)CCCCC3C(=O)O)c2)n1. The van der Waals surface area contributed by atoms with Gasteiger partial charge in [0.25, 0.3) is 5.91 Å². The maximum atomic E-state index is 12.8. The van der Waals surface area contributed by atoms with E-state index in [0.717, 1.165) is 29.8 Å². The molecule has 2 unspecified atom stereocenters.